The Morgan fingerprint density at radius 3 is 2.55 bits per heavy atom. The van der Waals surface area contributed by atoms with E-state index in [9.17, 15) is 4.79 Å². The molecule has 1 unspecified atom stereocenters. The molecule has 1 amide bonds. The van der Waals surface area contributed by atoms with Gasteiger partial charge < -0.3 is 14.6 Å². The molecule has 4 rings (SSSR count). The van der Waals surface area contributed by atoms with Crippen LogP contribution in [0.3, 0.4) is 0 Å². The highest BCUT2D eigenvalue weighted by molar-refractivity contribution is 5.94. The molecule has 0 aliphatic carbocycles. The fourth-order valence-electron chi connectivity index (χ4n) is 4.11. The Morgan fingerprint density at radius 2 is 1.76 bits per heavy atom. The van der Waals surface area contributed by atoms with E-state index in [0.29, 0.717) is 12.2 Å². The Labute approximate surface area is 195 Å². The predicted octanol–water partition coefficient (Wildman–Crippen LogP) is 6.00. The van der Waals surface area contributed by atoms with Gasteiger partial charge in [0, 0.05) is 12.1 Å². The fraction of sp³-hybridized carbons (Fsp3) is 0.286. The Balaban J connectivity index is 1.42. The monoisotopic (exact) mass is 441 g/mol. The van der Waals surface area contributed by atoms with Crippen molar-refractivity contribution in [1.29, 1.82) is 0 Å². The molecular weight excluding hydrogens is 410 g/mol. The predicted molar refractivity (Wildman–Crippen MR) is 133 cm³/mol. The van der Waals surface area contributed by atoms with Crippen molar-refractivity contribution in [3.63, 3.8) is 0 Å². The quantitative estimate of drug-likeness (QED) is 0.324. The maximum absolute atomic E-state index is 12.7. The van der Waals surface area contributed by atoms with Crippen molar-refractivity contribution in [1.82, 2.24) is 14.9 Å². The molecular formula is C28H31N3O2. The number of carbonyl (C=O) groups is 1. The van der Waals surface area contributed by atoms with E-state index in [4.69, 9.17) is 9.72 Å². The molecule has 170 valence electrons. The maximum atomic E-state index is 12.7. The highest BCUT2D eigenvalue weighted by Gasteiger charge is 2.19. The maximum Gasteiger partial charge on any atom is 0.251 e. The largest absolute Gasteiger partial charge is 0.493 e. The minimum absolute atomic E-state index is 0.0939. The minimum atomic E-state index is -0.212. The van der Waals surface area contributed by atoms with Gasteiger partial charge in [-0.15, -0.1) is 0 Å². The minimum Gasteiger partial charge on any atom is -0.493 e. The number of imidazole rings is 1. The van der Waals surface area contributed by atoms with Gasteiger partial charge in [-0.25, -0.2) is 4.98 Å². The molecule has 1 atom stereocenters. The molecule has 1 heterocycles. The first-order valence-corrected chi connectivity index (χ1v) is 11.5. The summed E-state index contributed by atoms with van der Waals surface area (Å²) in [6.07, 6.45) is 1.89. The summed E-state index contributed by atoms with van der Waals surface area (Å²) in [5.41, 5.74) is 5.09. The summed E-state index contributed by atoms with van der Waals surface area (Å²) in [5, 5.41) is 3.10. The van der Waals surface area contributed by atoms with Crippen molar-refractivity contribution in [2.24, 2.45) is 0 Å². The van der Waals surface area contributed by atoms with Crippen molar-refractivity contribution in [2.75, 3.05) is 6.61 Å². The van der Waals surface area contributed by atoms with Crippen LogP contribution in [-0.2, 0) is 6.54 Å². The molecule has 0 saturated carbocycles. The zero-order valence-electron chi connectivity index (χ0n) is 19.5. The average Bonchev–Trinajstić information content (AvgIpc) is 3.19. The van der Waals surface area contributed by atoms with Gasteiger partial charge >= 0.3 is 0 Å². The summed E-state index contributed by atoms with van der Waals surface area (Å²) in [4.78, 5) is 17.5. The Kier molecular flexibility index (Phi) is 7.08. The Hall–Kier alpha value is -3.60. The first-order chi connectivity index (χ1) is 16.0. The van der Waals surface area contributed by atoms with Gasteiger partial charge in [0.2, 0.25) is 0 Å². The highest BCUT2D eigenvalue weighted by atomic mass is 16.5. The molecule has 33 heavy (non-hydrogen) atoms. The first kappa shape index (κ1) is 22.6. The van der Waals surface area contributed by atoms with Gasteiger partial charge in [0.15, 0.2) is 0 Å². The third kappa shape index (κ3) is 5.43. The van der Waals surface area contributed by atoms with Crippen LogP contribution in [-0.4, -0.2) is 22.1 Å². The lowest BCUT2D eigenvalue weighted by Crippen LogP contribution is -2.28. The number of fused-ring (bicyclic) bond motifs is 1. The summed E-state index contributed by atoms with van der Waals surface area (Å²) >= 11 is 0. The van der Waals surface area contributed by atoms with Gasteiger partial charge in [0.25, 0.3) is 5.91 Å². The van der Waals surface area contributed by atoms with Crippen LogP contribution in [0.5, 0.6) is 5.75 Å². The van der Waals surface area contributed by atoms with Crippen LogP contribution < -0.4 is 10.1 Å². The lowest BCUT2D eigenvalue weighted by molar-refractivity contribution is 0.0937. The van der Waals surface area contributed by atoms with Gasteiger partial charge in [-0.05, 0) is 69.5 Å². The van der Waals surface area contributed by atoms with Crippen LogP contribution in [0.2, 0.25) is 0 Å². The highest BCUT2D eigenvalue weighted by Crippen LogP contribution is 2.23. The molecule has 4 aromatic rings. The van der Waals surface area contributed by atoms with E-state index in [-0.39, 0.29) is 11.9 Å². The second-order valence-corrected chi connectivity index (χ2v) is 8.50. The SMILES string of the molecule is Cc1ccc(OCCCCn2c(C(C)NC(=O)c3ccccc3)nc3ccccc32)c(C)c1. The molecule has 3 aromatic carbocycles. The molecule has 0 spiro atoms. The van der Waals surface area contributed by atoms with Gasteiger partial charge in [-0.3, -0.25) is 4.79 Å². The van der Waals surface area contributed by atoms with Crippen LogP contribution in [0.4, 0.5) is 0 Å². The summed E-state index contributed by atoms with van der Waals surface area (Å²) in [5.74, 6) is 1.73. The number of hydrogen-bond donors (Lipinski definition) is 1. The van der Waals surface area contributed by atoms with Gasteiger partial charge in [-0.1, -0.05) is 48.0 Å². The number of amides is 1. The lowest BCUT2D eigenvalue weighted by Gasteiger charge is -2.17. The van der Waals surface area contributed by atoms with E-state index >= 15 is 0 Å². The smallest absolute Gasteiger partial charge is 0.251 e. The molecule has 5 heteroatoms. The van der Waals surface area contributed by atoms with Crippen LogP contribution in [0.15, 0.2) is 72.8 Å². The van der Waals surface area contributed by atoms with Crippen molar-refractivity contribution >= 4 is 16.9 Å². The van der Waals surface area contributed by atoms with Crippen LogP contribution in [0, 0.1) is 13.8 Å². The normalized spacial score (nSPS) is 12.0. The number of nitrogens with zero attached hydrogens (tertiary/aromatic N) is 2. The molecule has 0 fully saturated rings. The molecule has 0 radical (unpaired) electrons. The molecule has 5 nitrogen and oxygen atoms in total. The molecule has 1 aromatic heterocycles. The Bertz CT molecular complexity index is 1230. The summed E-state index contributed by atoms with van der Waals surface area (Å²) in [7, 11) is 0. The van der Waals surface area contributed by atoms with Gasteiger partial charge in [0.05, 0.1) is 23.7 Å². The van der Waals surface area contributed by atoms with Gasteiger partial charge in [-0.2, -0.15) is 0 Å². The second-order valence-electron chi connectivity index (χ2n) is 8.50. The average molecular weight is 442 g/mol. The number of rotatable bonds is 9. The molecule has 1 N–H and O–H groups in total. The van der Waals surface area contributed by atoms with Crippen molar-refractivity contribution in [3.05, 3.63) is 95.3 Å². The summed E-state index contributed by atoms with van der Waals surface area (Å²) in [6.45, 7) is 7.65. The van der Waals surface area contributed by atoms with E-state index in [1.54, 1.807) is 0 Å². The molecule has 0 bridgehead atoms. The van der Waals surface area contributed by atoms with E-state index in [1.807, 2.05) is 61.5 Å². The van der Waals surface area contributed by atoms with Crippen LogP contribution in [0.1, 0.15) is 53.1 Å². The number of aromatic nitrogens is 2. The van der Waals surface area contributed by atoms with Crippen molar-refractivity contribution in [3.8, 4) is 5.75 Å². The fourth-order valence-corrected chi connectivity index (χ4v) is 4.11. The standard InChI is InChI=1S/C28H31N3O2/c1-20-15-16-26(21(2)19-20)33-18-10-9-17-31-25-14-8-7-13-24(25)30-27(31)22(3)29-28(32)23-11-5-4-6-12-23/h4-8,11-16,19,22H,9-10,17-18H2,1-3H3,(H,29,32). The number of carbonyl (C=O) groups excluding carboxylic acids is 1. The zero-order chi connectivity index (χ0) is 23.2. The number of unbranched alkanes of at least 4 members (excludes halogenated alkanes) is 1. The van der Waals surface area contributed by atoms with E-state index < -0.39 is 0 Å². The lowest BCUT2D eigenvalue weighted by atomic mass is 10.1. The zero-order valence-corrected chi connectivity index (χ0v) is 19.5. The van der Waals surface area contributed by atoms with Crippen LogP contribution >= 0.6 is 0 Å². The van der Waals surface area contributed by atoms with E-state index in [1.165, 1.54) is 11.1 Å². The van der Waals surface area contributed by atoms with Crippen molar-refractivity contribution < 1.29 is 9.53 Å². The number of hydrogen-bond acceptors (Lipinski definition) is 3. The Morgan fingerprint density at radius 1 is 1.00 bits per heavy atom. The van der Waals surface area contributed by atoms with E-state index in [2.05, 4.69) is 41.9 Å². The molecule has 0 aliphatic rings. The number of benzene rings is 3. The van der Waals surface area contributed by atoms with Gasteiger partial charge in [0.1, 0.15) is 11.6 Å². The number of ether oxygens (including phenoxy) is 1. The van der Waals surface area contributed by atoms with Crippen LogP contribution in [0.25, 0.3) is 11.0 Å². The molecule has 0 saturated heterocycles. The number of nitrogens with one attached hydrogen (secondary N) is 1. The van der Waals surface area contributed by atoms with E-state index in [0.717, 1.165) is 42.0 Å². The third-order valence-corrected chi connectivity index (χ3v) is 5.82. The second kappa shape index (κ2) is 10.3. The first-order valence-electron chi connectivity index (χ1n) is 11.5. The molecule has 0 aliphatic heterocycles. The topological polar surface area (TPSA) is 56.1 Å². The number of aryl methyl sites for hydroxylation is 3. The third-order valence-electron chi connectivity index (χ3n) is 5.82. The summed E-state index contributed by atoms with van der Waals surface area (Å²) < 4.78 is 8.22. The number of para-hydroxylation sites is 2. The summed E-state index contributed by atoms with van der Waals surface area (Å²) in [6, 6.07) is 23.5. The van der Waals surface area contributed by atoms with Crippen molar-refractivity contribution in [2.45, 2.75) is 46.2 Å².